The highest BCUT2D eigenvalue weighted by molar-refractivity contribution is 6.31. The van der Waals surface area contributed by atoms with Gasteiger partial charge in [-0.2, -0.15) is 5.26 Å². The van der Waals surface area contributed by atoms with Crippen LogP contribution in [-0.4, -0.2) is 21.4 Å². The Morgan fingerprint density at radius 2 is 2.11 bits per heavy atom. The fourth-order valence-electron chi connectivity index (χ4n) is 2.82. The zero-order chi connectivity index (χ0) is 20.4. The summed E-state index contributed by atoms with van der Waals surface area (Å²) in [6.45, 7) is 5.13. The van der Waals surface area contributed by atoms with Crippen molar-refractivity contribution in [1.29, 1.82) is 5.26 Å². The average Bonchev–Trinajstić information content (AvgIpc) is 3.14. The molecule has 0 fully saturated rings. The number of halogens is 1. The predicted molar refractivity (Wildman–Crippen MR) is 106 cm³/mol. The van der Waals surface area contributed by atoms with Crippen LogP contribution in [0.15, 0.2) is 39.5 Å². The predicted octanol–water partition coefficient (Wildman–Crippen LogP) is 1.88. The van der Waals surface area contributed by atoms with Gasteiger partial charge in [-0.15, -0.1) is 0 Å². The van der Waals surface area contributed by atoms with Crippen LogP contribution in [0.4, 0.5) is 0 Å². The van der Waals surface area contributed by atoms with E-state index in [4.69, 9.17) is 21.1 Å². The van der Waals surface area contributed by atoms with Crippen LogP contribution in [-0.2, 0) is 6.54 Å². The molecule has 0 aliphatic heterocycles. The molecular weight excluding hydrogens is 380 g/mol. The third-order valence-corrected chi connectivity index (χ3v) is 4.79. The van der Waals surface area contributed by atoms with Crippen LogP contribution < -0.4 is 16.0 Å². The van der Waals surface area contributed by atoms with Crippen molar-refractivity contribution in [2.24, 2.45) is 0 Å². The largest absolute Gasteiger partial charge is 0.493 e. The van der Waals surface area contributed by atoms with Gasteiger partial charge in [-0.05, 0) is 36.8 Å². The molecule has 0 aliphatic rings. The van der Waals surface area contributed by atoms with Crippen LogP contribution in [0.5, 0.6) is 5.88 Å². The van der Waals surface area contributed by atoms with Gasteiger partial charge in [-0.1, -0.05) is 30.3 Å². The second-order valence-corrected chi connectivity index (χ2v) is 6.60. The van der Waals surface area contributed by atoms with E-state index in [0.717, 1.165) is 15.7 Å². The van der Waals surface area contributed by atoms with Crippen molar-refractivity contribution in [3.63, 3.8) is 0 Å². The first-order chi connectivity index (χ1) is 13.4. The molecule has 6 nitrogen and oxygen atoms in total. The topological polar surface area (TPSA) is 99.4 Å². The molecule has 0 radical (unpaired) electrons. The maximum atomic E-state index is 12.7. The summed E-state index contributed by atoms with van der Waals surface area (Å²) in [6.07, 6.45) is 1.46. The van der Waals surface area contributed by atoms with Crippen molar-refractivity contribution in [3.8, 4) is 23.3 Å². The first kappa shape index (κ1) is 19.5. The summed E-state index contributed by atoms with van der Waals surface area (Å²) in [6, 6.07) is 10.8. The van der Waals surface area contributed by atoms with Crippen LogP contribution in [0.1, 0.15) is 16.9 Å². The number of furan rings is 1. The molecule has 0 saturated heterocycles. The van der Waals surface area contributed by atoms with E-state index in [1.807, 2.05) is 25.1 Å². The van der Waals surface area contributed by atoms with E-state index in [1.54, 1.807) is 18.2 Å². The molecule has 0 unspecified atom stereocenters. The quantitative estimate of drug-likeness (QED) is 0.701. The molecular formula is C21H17ClN2O4. The van der Waals surface area contributed by atoms with Crippen molar-refractivity contribution in [1.82, 2.24) is 4.57 Å². The van der Waals surface area contributed by atoms with Crippen LogP contribution in [0.3, 0.4) is 0 Å². The van der Waals surface area contributed by atoms with Crippen LogP contribution in [0.2, 0.25) is 5.02 Å². The molecule has 0 amide bonds. The highest BCUT2D eigenvalue weighted by Gasteiger charge is 2.13. The third-order valence-electron chi connectivity index (χ3n) is 4.39. The van der Waals surface area contributed by atoms with Crippen LogP contribution in [0, 0.1) is 18.3 Å². The fourth-order valence-corrected chi connectivity index (χ4v) is 3.00. The number of hydrogen-bond acceptors (Lipinski definition) is 5. The lowest BCUT2D eigenvalue weighted by atomic mass is 10.1. The van der Waals surface area contributed by atoms with Gasteiger partial charge in [0.05, 0.1) is 18.4 Å². The number of rotatable bonds is 4. The first-order valence-electron chi connectivity index (χ1n) is 8.41. The highest BCUT2D eigenvalue weighted by Crippen LogP contribution is 2.27. The Bertz CT molecular complexity index is 1270. The Kier molecular flexibility index (Phi) is 5.41. The van der Waals surface area contributed by atoms with E-state index in [-0.39, 0.29) is 29.2 Å². The summed E-state index contributed by atoms with van der Waals surface area (Å²) >= 11 is 6.16. The molecule has 28 heavy (non-hydrogen) atoms. The molecule has 1 aromatic carbocycles. The highest BCUT2D eigenvalue weighted by atomic mass is 35.5. The molecule has 0 spiro atoms. The molecule has 0 atom stereocenters. The van der Waals surface area contributed by atoms with Gasteiger partial charge in [0.2, 0.25) is 5.88 Å². The minimum absolute atomic E-state index is 0.0931. The number of hydrogen-bond donors (Lipinski definition) is 2. The maximum Gasteiger partial charge on any atom is 0.261 e. The Morgan fingerprint density at radius 3 is 2.75 bits per heavy atom. The lowest BCUT2D eigenvalue weighted by molar-refractivity contribution is 0.263. The Hall–Kier alpha value is -3.27. The van der Waals surface area contributed by atoms with E-state index in [2.05, 4.69) is 6.58 Å². The normalized spacial score (nSPS) is 11.6. The minimum atomic E-state index is -0.577. The fraction of sp³-hybridized carbons (Fsp3) is 0.143. The van der Waals surface area contributed by atoms with Gasteiger partial charge in [-0.25, -0.2) is 0 Å². The van der Waals surface area contributed by atoms with E-state index in [1.165, 1.54) is 6.08 Å². The van der Waals surface area contributed by atoms with Crippen LogP contribution in [0.25, 0.3) is 24.0 Å². The van der Waals surface area contributed by atoms with Crippen LogP contribution >= 0.6 is 11.6 Å². The number of aliphatic hydroxyl groups excluding tert-OH is 1. The zero-order valence-electron chi connectivity index (χ0n) is 15.1. The molecule has 3 aromatic rings. The summed E-state index contributed by atoms with van der Waals surface area (Å²) < 4.78 is 6.73. The van der Waals surface area contributed by atoms with Gasteiger partial charge in [0, 0.05) is 15.8 Å². The van der Waals surface area contributed by atoms with Gasteiger partial charge >= 0.3 is 0 Å². The summed E-state index contributed by atoms with van der Waals surface area (Å²) in [5.74, 6) is 0.422. The van der Waals surface area contributed by atoms with Gasteiger partial charge < -0.3 is 14.6 Å². The summed E-state index contributed by atoms with van der Waals surface area (Å²) in [7, 11) is 0. The van der Waals surface area contributed by atoms with Crippen molar-refractivity contribution < 1.29 is 14.6 Å². The van der Waals surface area contributed by atoms with E-state index in [9.17, 15) is 15.2 Å². The molecule has 0 bridgehead atoms. The third kappa shape index (κ3) is 3.46. The van der Waals surface area contributed by atoms with Gasteiger partial charge in [0.25, 0.3) is 5.56 Å². The van der Waals surface area contributed by atoms with Crippen molar-refractivity contribution in [3.05, 3.63) is 73.0 Å². The number of pyridine rings is 1. The lowest BCUT2D eigenvalue weighted by Crippen LogP contribution is -2.46. The molecule has 7 heteroatoms. The molecule has 0 aliphatic carbocycles. The summed E-state index contributed by atoms with van der Waals surface area (Å²) in [4.78, 5) is 12.7. The lowest BCUT2D eigenvalue weighted by Gasteiger charge is -2.08. The summed E-state index contributed by atoms with van der Waals surface area (Å²) in [5, 5.41) is 29.4. The standard InChI is InChI=1S/C21H17ClN2O4/c1-12-3-4-14(9-18(12)22)19-6-5-15(28-19)10-16-13(2)17(11-23)21(27)24(7-8-25)20(16)26/h3-6,9-10,25,27H,2,7-8H2,1H3. The molecule has 3 rings (SSSR count). The van der Waals surface area contributed by atoms with Crippen molar-refractivity contribution >= 4 is 24.3 Å². The second-order valence-electron chi connectivity index (χ2n) is 6.19. The first-order valence-corrected chi connectivity index (χ1v) is 8.79. The van der Waals surface area contributed by atoms with Gasteiger partial charge in [-0.3, -0.25) is 9.36 Å². The Morgan fingerprint density at radius 1 is 1.36 bits per heavy atom. The van der Waals surface area contributed by atoms with Gasteiger partial charge in [0.1, 0.15) is 23.2 Å². The molecule has 142 valence electrons. The maximum absolute atomic E-state index is 12.7. The molecule has 2 heterocycles. The molecule has 2 aromatic heterocycles. The van der Waals surface area contributed by atoms with E-state index >= 15 is 0 Å². The Labute approximate surface area is 165 Å². The number of aryl methyl sites for hydroxylation is 1. The van der Waals surface area contributed by atoms with Crippen molar-refractivity contribution in [2.75, 3.05) is 6.61 Å². The van der Waals surface area contributed by atoms with E-state index in [0.29, 0.717) is 16.5 Å². The number of nitriles is 1. The number of aromatic nitrogens is 1. The summed E-state index contributed by atoms with van der Waals surface area (Å²) in [5.41, 5.74) is 1.03. The van der Waals surface area contributed by atoms with Crippen molar-refractivity contribution in [2.45, 2.75) is 13.5 Å². The smallest absolute Gasteiger partial charge is 0.261 e. The minimum Gasteiger partial charge on any atom is -0.493 e. The number of nitrogens with zero attached hydrogens (tertiary/aromatic N) is 2. The van der Waals surface area contributed by atoms with E-state index < -0.39 is 11.4 Å². The number of aromatic hydroxyl groups is 1. The molecule has 2 N–H and O–H groups in total. The number of aliphatic hydroxyl groups is 1. The second kappa shape index (κ2) is 7.77. The molecule has 0 saturated carbocycles. The Balaban J connectivity index is 2.17. The number of benzene rings is 1. The SMILES string of the molecule is C=c1c(C#N)c(O)n(CCO)c(=O)c1=Cc1ccc(-c2ccc(C)c(Cl)c2)o1. The van der Waals surface area contributed by atoms with Gasteiger partial charge in [0.15, 0.2) is 0 Å². The average molecular weight is 397 g/mol. The monoisotopic (exact) mass is 396 g/mol. The zero-order valence-corrected chi connectivity index (χ0v) is 15.8.